The molecule has 0 atom stereocenters. The van der Waals surface area contributed by atoms with Gasteiger partial charge in [-0.15, -0.1) is 0 Å². The normalized spacial score (nSPS) is 14.7. The number of piperidine rings is 1. The summed E-state index contributed by atoms with van der Waals surface area (Å²) in [6, 6.07) is 10.1. The van der Waals surface area contributed by atoms with Gasteiger partial charge in [0.2, 0.25) is 5.95 Å². The second-order valence-corrected chi connectivity index (χ2v) is 8.84. The Balaban J connectivity index is 1.26. The molecule has 1 aromatic carbocycles. The van der Waals surface area contributed by atoms with Gasteiger partial charge in [0.1, 0.15) is 23.0 Å². The molecule has 5 aromatic rings. The molecule has 1 aliphatic heterocycles. The van der Waals surface area contributed by atoms with Crippen LogP contribution in [-0.2, 0) is 11.3 Å². The van der Waals surface area contributed by atoms with Crippen molar-refractivity contribution in [2.24, 2.45) is 0 Å². The lowest BCUT2D eigenvalue weighted by atomic mass is 10.1. The van der Waals surface area contributed by atoms with Gasteiger partial charge in [-0.2, -0.15) is 10.1 Å². The predicted octanol–water partition coefficient (Wildman–Crippen LogP) is 3.81. The second-order valence-electron chi connectivity index (χ2n) is 8.84. The number of imidazole rings is 1. The molecule has 10 heteroatoms. The summed E-state index contributed by atoms with van der Waals surface area (Å²) in [5.41, 5.74) is 4.08. The van der Waals surface area contributed by atoms with E-state index in [-0.39, 0.29) is 0 Å². The number of methoxy groups -OCH3 is 1. The lowest BCUT2D eigenvalue weighted by molar-refractivity contribution is 0.0816. The SMILES string of the molecule is COC1CCN(c2nccc(Nc3cc4c(cn3)nc(C)n4Cc3cccc4[nH]ncc34)n2)CC1. The first kappa shape index (κ1) is 21.5. The Morgan fingerprint density at radius 1 is 1.09 bits per heavy atom. The van der Waals surface area contributed by atoms with Crippen molar-refractivity contribution in [2.45, 2.75) is 32.4 Å². The van der Waals surface area contributed by atoms with Crippen LogP contribution in [0.2, 0.25) is 0 Å². The first-order chi connectivity index (χ1) is 17.2. The van der Waals surface area contributed by atoms with E-state index in [0.717, 1.165) is 59.6 Å². The number of pyridine rings is 1. The van der Waals surface area contributed by atoms with E-state index < -0.39 is 0 Å². The minimum Gasteiger partial charge on any atom is -0.381 e. The van der Waals surface area contributed by atoms with Crippen LogP contribution in [0.3, 0.4) is 0 Å². The highest BCUT2D eigenvalue weighted by Crippen LogP contribution is 2.25. The molecule has 1 fully saturated rings. The monoisotopic (exact) mass is 469 g/mol. The van der Waals surface area contributed by atoms with E-state index in [4.69, 9.17) is 14.7 Å². The number of nitrogens with zero attached hydrogens (tertiary/aromatic N) is 7. The number of H-pyrrole nitrogens is 1. The van der Waals surface area contributed by atoms with E-state index in [1.54, 1.807) is 19.5 Å². The van der Waals surface area contributed by atoms with Crippen molar-refractivity contribution in [1.82, 2.24) is 34.7 Å². The van der Waals surface area contributed by atoms with Crippen molar-refractivity contribution in [3.8, 4) is 0 Å². The third kappa shape index (κ3) is 4.17. The van der Waals surface area contributed by atoms with Crippen molar-refractivity contribution in [1.29, 1.82) is 0 Å². The molecule has 0 amide bonds. The van der Waals surface area contributed by atoms with Gasteiger partial charge < -0.3 is 19.5 Å². The number of benzene rings is 1. The average molecular weight is 470 g/mol. The summed E-state index contributed by atoms with van der Waals surface area (Å²) in [5, 5.41) is 11.7. The van der Waals surface area contributed by atoms with Gasteiger partial charge in [-0.3, -0.25) is 5.10 Å². The number of aromatic amines is 1. The molecule has 5 heterocycles. The lowest BCUT2D eigenvalue weighted by Crippen LogP contribution is -2.37. The summed E-state index contributed by atoms with van der Waals surface area (Å²) in [4.78, 5) is 20.7. The smallest absolute Gasteiger partial charge is 0.227 e. The third-order valence-corrected chi connectivity index (χ3v) is 6.69. The molecule has 0 unspecified atom stereocenters. The minimum atomic E-state index is 0.317. The molecule has 35 heavy (non-hydrogen) atoms. The van der Waals surface area contributed by atoms with Crippen LogP contribution in [0.15, 0.2) is 48.9 Å². The highest BCUT2D eigenvalue weighted by Gasteiger charge is 2.21. The number of hydrogen-bond donors (Lipinski definition) is 2. The molecule has 1 saturated heterocycles. The highest BCUT2D eigenvalue weighted by atomic mass is 16.5. The number of anilines is 3. The zero-order chi connectivity index (χ0) is 23.8. The van der Waals surface area contributed by atoms with Crippen molar-refractivity contribution >= 4 is 39.5 Å². The number of rotatable bonds is 6. The van der Waals surface area contributed by atoms with Gasteiger partial charge in [-0.1, -0.05) is 12.1 Å². The molecule has 178 valence electrons. The van der Waals surface area contributed by atoms with Gasteiger partial charge in [-0.05, 0) is 37.5 Å². The number of fused-ring (bicyclic) bond motifs is 2. The van der Waals surface area contributed by atoms with E-state index in [2.05, 4.69) is 41.0 Å². The summed E-state index contributed by atoms with van der Waals surface area (Å²) < 4.78 is 7.68. The Kier molecular flexibility index (Phi) is 5.49. The number of hydrogen-bond acceptors (Lipinski definition) is 8. The average Bonchev–Trinajstić information content (AvgIpc) is 3.49. The van der Waals surface area contributed by atoms with E-state index >= 15 is 0 Å². The first-order valence-corrected chi connectivity index (χ1v) is 11.8. The van der Waals surface area contributed by atoms with Crippen LogP contribution < -0.4 is 10.2 Å². The molecular formula is C25H27N9O. The fourth-order valence-corrected chi connectivity index (χ4v) is 4.75. The molecule has 6 rings (SSSR count). The van der Waals surface area contributed by atoms with Crippen LogP contribution in [0.1, 0.15) is 24.2 Å². The summed E-state index contributed by atoms with van der Waals surface area (Å²) in [6.45, 7) is 4.48. The number of nitrogens with one attached hydrogen (secondary N) is 2. The molecule has 1 aliphatic rings. The molecule has 0 saturated carbocycles. The van der Waals surface area contributed by atoms with Crippen LogP contribution in [0, 0.1) is 6.92 Å². The largest absolute Gasteiger partial charge is 0.381 e. The lowest BCUT2D eigenvalue weighted by Gasteiger charge is -2.31. The van der Waals surface area contributed by atoms with Gasteiger partial charge in [0.15, 0.2) is 0 Å². The van der Waals surface area contributed by atoms with Gasteiger partial charge in [-0.25, -0.2) is 15.0 Å². The predicted molar refractivity (Wildman–Crippen MR) is 135 cm³/mol. The van der Waals surface area contributed by atoms with E-state index in [1.165, 1.54) is 5.56 Å². The fraction of sp³-hybridized carbons (Fsp3) is 0.320. The molecule has 10 nitrogen and oxygen atoms in total. The van der Waals surface area contributed by atoms with Crippen molar-refractivity contribution in [3.05, 3.63) is 60.3 Å². The zero-order valence-corrected chi connectivity index (χ0v) is 19.8. The van der Waals surface area contributed by atoms with E-state index in [9.17, 15) is 0 Å². The molecule has 0 spiro atoms. The second kappa shape index (κ2) is 8.95. The van der Waals surface area contributed by atoms with Crippen molar-refractivity contribution in [2.75, 3.05) is 30.4 Å². The van der Waals surface area contributed by atoms with Crippen LogP contribution >= 0.6 is 0 Å². The van der Waals surface area contributed by atoms with E-state index in [0.29, 0.717) is 24.3 Å². The minimum absolute atomic E-state index is 0.317. The Bertz CT molecular complexity index is 1480. The number of aryl methyl sites for hydroxylation is 1. The van der Waals surface area contributed by atoms with Crippen LogP contribution in [0.5, 0.6) is 0 Å². The zero-order valence-electron chi connectivity index (χ0n) is 19.8. The van der Waals surface area contributed by atoms with Crippen LogP contribution in [0.4, 0.5) is 17.6 Å². The molecule has 0 aliphatic carbocycles. The maximum absolute atomic E-state index is 5.48. The van der Waals surface area contributed by atoms with E-state index in [1.807, 2.05) is 37.4 Å². The van der Waals surface area contributed by atoms with Gasteiger partial charge >= 0.3 is 0 Å². The van der Waals surface area contributed by atoms with Crippen LogP contribution in [-0.4, -0.2) is 61.0 Å². The van der Waals surface area contributed by atoms with Gasteiger partial charge in [0.25, 0.3) is 0 Å². The Morgan fingerprint density at radius 2 is 1.97 bits per heavy atom. The number of ether oxygens (including phenoxy) is 1. The van der Waals surface area contributed by atoms with Crippen LogP contribution in [0.25, 0.3) is 21.9 Å². The Morgan fingerprint density at radius 3 is 2.83 bits per heavy atom. The third-order valence-electron chi connectivity index (χ3n) is 6.69. The molecule has 0 radical (unpaired) electrons. The highest BCUT2D eigenvalue weighted by molar-refractivity contribution is 5.83. The maximum Gasteiger partial charge on any atom is 0.227 e. The molecular weight excluding hydrogens is 442 g/mol. The topological polar surface area (TPSA) is 110 Å². The van der Waals surface area contributed by atoms with Gasteiger partial charge in [0, 0.05) is 37.8 Å². The molecule has 2 N–H and O–H groups in total. The summed E-state index contributed by atoms with van der Waals surface area (Å²) in [5.74, 6) is 3.08. The van der Waals surface area contributed by atoms with Crippen molar-refractivity contribution in [3.63, 3.8) is 0 Å². The van der Waals surface area contributed by atoms with Crippen molar-refractivity contribution < 1.29 is 4.74 Å². The first-order valence-electron chi connectivity index (χ1n) is 11.8. The Hall–Kier alpha value is -4.05. The summed E-state index contributed by atoms with van der Waals surface area (Å²) in [6.07, 6.45) is 7.73. The summed E-state index contributed by atoms with van der Waals surface area (Å²) >= 11 is 0. The maximum atomic E-state index is 5.48. The summed E-state index contributed by atoms with van der Waals surface area (Å²) in [7, 11) is 1.77. The molecule has 0 bridgehead atoms. The van der Waals surface area contributed by atoms with Gasteiger partial charge in [0.05, 0.1) is 36.1 Å². The quantitative estimate of drug-likeness (QED) is 0.386. The molecule has 4 aromatic heterocycles. The Labute approximate surface area is 202 Å². The fourth-order valence-electron chi connectivity index (χ4n) is 4.75. The standard InChI is InChI=1S/C25H27N9O/c1-16-29-21-14-27-24(12-22(21)34(16)15-17-4-3-5-20-19(17)13-28-32-20)30-23-6-9-26-25(31-23)33-10-7-18(35-2)8-11-33/h3-6,9,12-14,18H,7-8,10-11,15H2,1-2H3,(H,28,32)(H,26,27,30,31). The number of aromatic nitrogens is 7.